The van der Waals surface area contributed by atoms with Gasteiger partial charge >= 0.3 is 5.97 Å². The average molecular weight is 332 g/mol. The van der Waals surface area contributed by atoms with Gasteiger partial charge in [-0.15, -0.1) is 0 Å². The Morgan fingerprint density at radius 1 is 1.00 bits per heavy atom. The van der Waals surface area contributed by atoms with Gasteiger partial charge in [-0.2, -0.15) is 0 Å². The molecule has 1 unspecified atom stereocenters. The van der Waals surface area contributed by atoms with E-state index < -0.39 is 29.4 Å². The van der Waals surface area contributed by atoms with Crippen LogP contribution in [0, 0.1) is 0 Å². The van der Waals surface area contributed by atoms with Crippen LogP contribution in [0.25, 0.3) is 0 Å². The number of Topliss-reactive ketones (excluding diaryl/α,β-unsaturated/α-hetero) is 3. The van der Waals surface area contributed by atoms with E-state index >= 15 is 0 Å². The number of fused-ring (bicyclic) bond motifs is 1. The normalized spacial score (nSPS) is 21.0. The molecule has 0 aromatic heterocycles. The van der Waals surface area contributed by atoms with Crippen molar-refractivity contribution in [1.29, 1.82) is 0 Å². The second-order valence-electron chi connectivity index (χ2n) is 5.95. The predicted molar refractivity (Wildman–Crippen MR) is 84.8 cm³/mol. The lowest BCUT2D eigenvalue weighted by Crippen LogP contribution is -2.25. The van der Waals surface area contributed by atoms with Crippen LogP contribution in [0.1, 0.15) is 54.9 Å². The summed E-state index contributed by atoms with van der Waals surface area (Å²) < 4.78 is 5.32. The van der Waals surface area contributed by atoms with Crippen molar-refractivity contribution in [3.8, 4) is 5.75 Å². The van der Waals surface area contributed by atoms with Crippen molar-refractivity contribution in [3.05, 3.63) is 29.3 Å². The molecule has 1 aliphatic rings. The van der Waals surface area contributed by atoms with E-state index in [4.69, 9.17) is 4.74 Å². The number of ketones is 3. The second-order valence-corrected chi connectivity index (χ2v) is 5.95. The highest BCUT2D eigenvalue weighted by Crippen LogP contribution is 2.25. The quantitative estimate of drug-likeness (QED) is 0.577. The van der Waals surface area contributed by atoms with Gasteiger partial charge in [0.15, 0.2) is 0 Å². The van der Waals surface area contributed by atoms with Crippen molar-refractivity contribution < 1.29 is 29.0 Å². The van der Waals surface area contributed by atoms with Crippen LogP contribution in [-0.2, 0) is 25.5 Å². The smallest absolute Gasteiger partial charge is 0.342 e. The molecule has 0 aliphatic carbocycles. The average Bonchev–Trinajstić information content (AvgIpc) is 2.52. The van der Waals surface area contributed by atoms with Gasteiger partial charge in [0.25, 0.3) is 5.78 Å². The first kappa shape index (κ1) is 17.8. The summed E-state index contributed by atoms with van der Waals surface area (Å²) in [6.45, 7) is 1.68. The van der Waals surface area contributed by atoms with Crippen molar-refractivity contribution in [2.24, 2.45) is 0 Å². The van der Waals surface area contributed by atoms with Gasteiger partial charge in [-0.1, -0.05) is 12.1 Å². The zero-order valence-electron chi connectivity index (χ0n) is 13.5. The highest BCUT2D eigenvalue weighted by Gasteiger charge is 2.24. The van der Waals surface area contributed by atoms with Crippen LogP contribution in [0.15, 0.2) is 18.2 Å². The number of ether oxygens (including phenoxy) is 1. The van der Waals surface area contributed by atoms with Crippen LogP contribution >= 0.6 is 0 Å². The number of hydrogen-bond donors (Lipinski definition) is 1. The molecule has 1 heterocycles. The third-order valence-corrected chi connectivity index (χ3v) is 4.01. The SMILES string of the molecule is CC1CCCC(=O)C(=O)C(=O)CCCc2cccc(O)c2C(=O)O1. The molecule has 1 aliphatic heterocycles. The number of aryl methyl sites for hydroxylation is 1. The summed E-state index contributed by atoms with van der Waals surface area (Å²) in [5, 5.41) is 9.98. The number of carbonyl (C=O) groups is 4. The first-order chi connectivity index (χ1) is 11.4. The van der Waals surface area contributed by atoms with Crippen molar-refractivity contribution in [3.63, 3.8) is 0 Å². The fraction of sp³-hybridized carbons (Fsp3) is 0.444. The Morgan fingerprint density at radius 3 is 2.38 bits per heavy atom. The van der Waals surface area contributed by atoms with Gasteiger partial charge in [0.05, 0.1) is 6.10 Å². The number of benzene rings is 1. The highest BCUT2D eigenvalue weighted by molar-refractivity contribution is 6.63. The molecule has 1 N–H and O–H groups in total. The Labute approximate surface area is 139 Å². The minimum absolute atomic E-state index is 0.0334. The van der Waals surface area contributed by atoms with Crippen LogP contribution in [0.3, 0.4) is 0 Å². The Hall–Kier alpha value is -2.50. The summed E-state index contributed by atoms with van der Waals surface area (Å²) in [6, 6.07) is 4.68. The zero-order valence-corrected chi connectivity index (χ0v) is 13.5. The molecule has 0 spiro atoms. The Bertz CT molecular complexity index is 676. The standard InChI is InChI=1S/C18H20O6/c1-11-5-2-9-14(20)17(22)15(21)10-4-7-12-6-3-8-13(19)16(12)18(23)24-11/h3,6,8,11,19H,2,4-5,7,9-10H2,1H3. The lowest BCUT2D eigenvalue weighted by molar-refractivity contribution is -0.144. The van der Waals surface area contributed by atoms with Crippen molar-refractivity contribution in [1.82, 2.24) is 0 Å². The molecule has 0 radical (unpaired) electrons. The second kappa shape index (κ2) is 7.86. The van der Waals surface area contributed by atoms with Gasteiger partial charge in [-0.25, -0.2) is 4.79 Å². The molecular weight excluding hydrogens is 312 g/mol. The summed E-state index contributed by atoms with van der Waals surface area (Å²) in [6.07, 6.45) is 0.796. The Balaban J connectivity index is 2.27. The van der Waals surface area contributed by atoms with Crippen LogP contribution < -0.4 is 0 Å². The molecule has 6 heteroatoms. The number of cyclic esters (lactones) is 1. The maximum atomic E-state index is 12.3. The fourth-order valence-corrected chi connectivity index (χ4v) is 2.70. The third-order valence-electron chi connectivity index (χ3n) is 4.01. The van der Waals surface area contributed by atoms with Gasteiger partial charge in [0.1, 0.15) is 11.3 Å². The number of phenols is 1. The van der Waals surface area contributed by atoms with Gasteiger partial charge in [0, 0.05) is 12.8 Å². The molecule has 1 aromatic rings. The molecule has 0 amide bonds. The molecular formula is C18H20O6. The van der Waals surface area contributed by atoms with Crippen molar-refractivity contribution >= 4 is 23.3 Å². The summed E-state index contributed by atoms with van der Waals surface area (Å²) in [7, 11) is 0. The molecule has 0 fully saturated rings. The lowest BCUT2D eigenvalue weighted by atomic mass is 9.97. The molecule has 1 atom stereocenters. The first-order valence-corrected chi connectivity index (χ1v) is 8.02. The Kier molecular flexibility index (Phi) is 5.84. The molecule has 0 saturated heterocycles. The number of rotatable bonds is 0. The van der Waals surface area contributed by atoms with Crippen molar-refractivity contribution in [2.45, 2.75) is 51.6 Å². The number of esters is 1. The van der Waals surface area contributed by atoms with E-state index in [-0.39, 0.29) is 24.2 Å². The fourth-order valence-electron chi connectivity index (χ4n) is 2.70. The maximum absolute atomic E-state index is 12.3. The molecule has 0 bridgehead atoms. The maximum Gasteiger partial charge on any atom is 0.342 e. The number of aromatic hydroxyl groups is 1. The number of phenolic OH excluding ortho intramolecular Hbond substituents is 1. The molecule has 6 nitrogen and oxygen atoms in total. The summed E-state index contributed by atoms with van der Waals surface area (Å²) in [5.74, 6) is -3.13. The summed E-state index contributed by atoms with van der Waals surface area (Å²) in [5.41, 5.74) is 0.645. The van der Waals surface area contributed by atoms with E-state index in [2.05, 4.69) is 0 Å². The molecule has 2 rings (SSSR count). The predicted octanol–water partition coefficient (Wildman–Crippen LogP) is 2.15. The largest absolute Gasteiger partial charge is 0.507 e. The van der Waals surface area contributed by atoms with E-state index in [1.54, 1.807) is 19.1 Å². The molecule has 24 heavy (non-hydrogen) atoms. The van der Waals surface area contributed by atoms with Crippen molar-refractivity contribution in [2.75, 3.05) is 0 Å². The minimum Gasteiger partial charge on any atom is -0.507 e. The topological polar surface area (TPSA) is 97.7 Å². The van der Waals surface area contributed by atoms with Gasteiger partial charge in [-0.05, 0) is 44.2 Å². The van der Waals surface area contributed by atoms with Crippen LogP contribution in [0.5, 0.6) is 5.75 Å². The molecule has 128 valence electrons. The lowest BCUT2D eigenvalue weighted by Gasteiger charge is -2.16. The van der Waals surface area contributed by atoms with E-state index in [0.717, 1.165) is 0 Å². The van der Waals surface area contributed by atoms with E-state index in [9.17, 15) is 24.3 Å². The van der Waals surface area contributed by atoms with E-state index in [1.165, 1.54) is 6.07 Å². The van der Waals surface area contributed by atoms with E-state index in [1.807, 2.05) is 0 Å². The molecule has 1 aromatic carbocycles. The first-order valence-electron chi connectivity index (χ1n) is 8.02. The van der Waals surface area contributed by atoms with Crippen LogP contribution in [-0.4, -0.2) is 34.5 Å². The van der Waals surface area contributed by atoms with Crippen LogP contribution in [0.4, 0.5) is 0 Å². The third kappa shape index (κ3) is 4.28. The molecule has 0 saturated carbocycles. The van der Waals surface area contributed by atoms with Crippen LogP contribution in [0.2, 0.25) is 0 Å². The monoisotopic (exact) mass is 332 g/mol. The number of hydrogen-bond acceptors (Lipinski definition) is 6. The van der Waals surface area contributed by atoms with Gasteiger partial charge in [0.2, 0.25) is 11.6 Å². The summed E-state index contributed by atoms with van der Waals surface area (Å²) >= 11 is 0. The number of carbonyl (C=O) groups excluding carboxylic acids is 4. The minimum atomic E-state index is -0.951. The van der Waals surface area contributed by atoms with Gasteiger partial charge < -0.3 is 9.84 Å². The summed E-state index contributed by atoms with van der Waals surface area (Å²) in [4.78, 5) is 47.5. The highest BCUT2D eigenvalue weighted by atomic mass is 16.5. The Morgan fingerprint density at radius 2 is 1.67 bits per heavy atom. The van der Waals surface area contributed by atoms with E-state index in [0.29, 0.717) is 31.2 Å². The zero-order chi connectivity index (χ0) is 17.7. The van der Waals surface area contributed by atoms with Gasteiger partial charge in [-0.3, -0.25) is 14.4 Å².